The Kier molecular flexibility index (Phi) is 4.22. The summed E-state index contributed by atoms with van der Waals surface area (Å²) in [5.74, 6) is 0. The Morgan fingerprint density at radius 3 is 2.53 bits per heavy atom. The zero-order chi connectivity index (χ0) is 11.5. The number of nitrogens with zero attached hydrogens (tertiary/aromatic N) is 2. The number of nitrogens with one attached hydrogen (secondary N) is 1. The molecular weight excluding hydrogens is 206 g/mol. The predicted octanol–water partition coefficient (Wildman–Crippen LogP) is 2.80. The molecule has 0 saturated carbocycles. The second-order valence-electron chi connectivity index (χ2n) is 5.05. The number of hydrogen-bond donors (Lipinski definition) is 1. The lowest BCUT2D eigenvalue weighted by Crippen LogP contribution is -2.17. The Hall–Kier alpha value is -0.480. The van der Waals surface area contributed by atoms with Crippen LogP contribution in [-0.4, -0.2) is 16.7 Å². The van der Waals surface area contributed by atoms with E-state index in [9.17, 15) is 0 Å². The van der Waals surface area contributed by atoms with Gasteiger partial charge in [0.15, 0.2) is 0 Å². The molecule has 1 rings (SSSR count). The van der Waals surface area contributed by atoms with Gasteiger partial charge in [0.05, 0.1) is 6.04 Å². The summed E-state index contributed by atoms with van der Waals surface area (Å²) in [6, 6.07) is 0.321. The molecule has 0 aliphatic heterocycles. The minimum Gasteiger partial charge on any atom is -0.308 e. The van der Waals surface area contributed by atoms with Crippen LogP contribution in [0.1, 0.15) is 50.7 Å². The Morgan fingerprint density at radius 2 is 2.00 bits per heavy atom. The van der Waals surface area contributed by atoms with Crippen LogP contribution in [0.2, 0.25) is 0 Å². The van der Waals surface area contributed by atoms with Crippen LogP contribution in [0.25, 0.3) is 0 Å². The Balaban J connectivity index is 2.64. The van der Waals surface area contributed by atoms with Gasteiger partial charge in [-0.05, 0) is 18.9 Å². The van der Waals surface area contributed by atoms with E-state index in [0.717, 1.165) is 23.0 Å². The fraction of sp³-hybridized carbons (Fsp3) is 0.818. The van der Waals surface area contributed by atoms with E-state index in [1.807, 2.05) is 0 Å². The van der Waals surface area contributed by atoms with Crippen molar-refractivity contribution in [2.24, 2.45) is 5.41 Å². The summed E-state index contributed by atoms with van der Waals surface area (Å²) in [4.78, 5) is 0. The van der Waals surface area contributed by atoms with Crippen molar-refractivity contribution in [1.29, 1.82) is 0 Å². The molecule has 0 aromatic carbocycles. The maximum Gasteiger partial charge on any atom is 0.134 e. The quantitative estimate of drug-likeness (QED) is 0.859. The first kappa shape index (κ1) is 12.6. The van der Waals surface area contributed by atoms with Gasteiger partial charge in [-0.25, -0.2) is 0 Å². The Bertz CT molecular complexity index is 301. The second kappa shape index (κ2) is 5.03. The van der Waals surface area contributed by atoms with E-state index < -0.39 is 0 Å². The van der Waals surface area contributed by atoms with Crippen LogP contribution in [-0.2, 0) is 6.42 Å². The van der Waals surface area contributed by atoms with E-state index in [1.165, 1.54) is 0 Å². The molecule has 1 aromatic heterocycles. The molecule has 1 aromatic rings. The minimum absolute atomic E-state index is 0.290. The first-order chi connectivity index (χ1) is 6.92. The SMILES string of the molecule is CCNC(C)c1nnc(CC(C)(C)C)s1. The van der Waals surface area contributed by atoms with Gasteiger partial charge in [0.2, 0.25) is 0 Å². The standard InChI is InChI=1S/C11H21N3S/c1-6-12-8(2)10-14-13-9(15-10)7-11(3,4)5/h8,12H,6-7H2,1-5H3. The molecule has 1 atom stereocenters. The summed E-state index contributed by atoms with van der Waals surface area (Å²) in [7, 11) is 0. The van der Waals surface area contributed by atoms with Crippen LogP contribution in [0.15, 0.2) is 0 Å². The molecule has 86 valence electrons. The normalized spacial score (nSPS) is 14.2. The largest absolute Gasteiger partial charge is 0.308 e. The van der Waals surface area contributed by atoms with Crippen LogP contribution >= 0.6 is 11.3 Å². The average molecular weight is 227 g/mol. The molecular formula is C11H21N3S. The molecule has 0 fully saturated rings. The van der Waals surface area contributed by atoms with E-state index in [2.05, 4.69) is 50.1 Å². The summed E-state index contributed by atoms with van der Waals surface area (Å²) in [6.45, 7) is 11.9. The number of hydrogen-bond acceptors (Lipinski definition) is 4. The lowest BCUT2D eigenvalue weighted by molar-refractivity contribution is 0.409. The first-order valence-electron chi connectivity index (χ1n) is 5.48. The van der Waals surface area contributed by atoms with Crippen molar-refractivity contribution in [1.82, 2.24) is 15.5 Å². The highest BCUT2D eigenvalue weighted by molar-refractivity contribution is 7.11. The molecule has 4 heteroatoms. The van der Waals surface area contributed by atoms with Gasteiger partial charge in [-0.15, -0.1) is 10.2 Å². The monoisotopic (exact) mass is 227 g/mol. The molecule has 1 N–H and O–H groups in total. The molecule has 3 nitrogen and oxygen atoms in total. The topological polar surface area (TPSA) is 37.8 Å². The number of aromatic nitrogens is 2. The third-order valence-electron chi connectivity index (χ3n) is 2.04. The molecule has 0 aliphatic rings. The molecule has 0 saturated heterocycles. The van der Waals surface area contributed by atoms with Gasteiger partial charge in [0, 0.05) is 6.42 Å². The fourth-order valence-electron chi connectivity index (χ4n) is 1.36. The molecule has 0 radical (unpaired) electrons. The second-order valence-corrected chi connectivity index (χ2v) is 6.14. The van der Waals surface area contributed by atoms with E-state index in [4.69, 9.17) is 0 Å². The van der Waals surface area contributed by atoms with Crippen molar-refractivity contribution >= 4 is 11.3 Å². The zero-order valence-electron chi connectivity index (χ0n) is 10.3. The predicted molar refractivity (Wildman–Crippen MR) is 65.2 cm³/mol. The smallest absolute Gasteiger partial charge is 0.134 e. The third kappa shape index (κ3) is 4.26. The zero-order valence-corrected chi connectivity index (χ0v) is 11.1. The molecule has 0 aliphatic carbocycles. The van der Waals surface area contributed by atoms with E-state index in [1.54, 1.807) is 11.3 Å². The van der Waals surface area contributed by atoms with Crippen LogP contribution < -0.4 is 5.32 Å². The van der Waals surface area contributed by atoms with Crippen molar-refractivity contribution in [3.8, 4) is 0 Å². The fourth-order valence-corrected chi connectivity index (χ4v) is 2.53. The maximum absolute atomic E-state index is 4.23. The summed E-state index contributed by atoms with van der Waals surface area (Å²) < 4.78 is 0. The summed E-state index contributed by atoms with van der Waals surface area (Å²) in [6.07, 6.45) is 1.00. The van der Waals surface area contributed by atoms with E-state index >= 15 is 0 Å². The van der Waals surface area contributed by atoms with Crippen LogP contribution in [0.4, 0.5) is 0 Å². The maximum atomic E-state index is 4.23. The van der Waals surface area contributed by atoms with Gasteiger partial charge in [0.1, 0.15) is 10.0 Å². The molecule has 1 unspecified atom stereocenters. The van der Waals surface area contributed by atoms with Crippen molar-refractivity contribution in [3.63, 3.8) is 0 Å². The summed E-state index contributed by atoms with van der Waals surface area (Å²) >= 11 is 1.72. The molecule has 0 bridgehead atoms. The lowest BCUT2D eigenvalue weighted by atomic mass is 9.93. The van der Waals surface area contributed by atoms with Crippen LogP contribution in [0, 0.1) is 5.41 Å². The van der Waals surface area contributed by atoms with Gasteiger partial charge in [-0.2, -0.15) is 0 Å². The third-order valence-corrected chi connectivity index (χ3v) is 3.15. The lowest BCUT2D eigenvalue weighted by Gasteiger charge is -2.14. The summed E-state index contributed by atoms with van der Waals surface area (Å²) in [5, 5.41) is 14.0. The molecule has 1 heterocycles. The van der Waals surface area contributed by atoms with E-state index in [-0.39, 0.29) is 5.41 Å². The Morgan fingerprint density at radius 1 is 1.33 bits per heavy atom. The highest BCUT2D eigenvalue weighted by Crippen LogP contribution is 2.25. The van der Waals surface area contributed by atoms with Crippen molar-refractivity contribution < 1.29 is 0 Å². The highest BCUT2D eigenvalue weighted by atomic mass is 32.1. The summed E-state index contributed by atoms with van der Waals surface area (Å²) in [5.41, 5.74) is 0.290. The van der Waals surface area contributed by atoms with E-state index in [0.29, 0.717) is 6.04 Å². The highest BCUT2D eigenvalue weighted by Gasteiger charge is 2.16. The average Bonchev–Trinajstić information content (AvgIpc) is 2.50. The van der Waals surface area contributed by atoms with Gasteiger partial charge in [-0.1, -0.05) is 39.0 Å². The minimum atomic E-state index is 0.290. The molecule has 0 spiro atoms. The molecule has 0 amide bonds. The van der Waals surface area contributed by atoms with Crippen molar-refractivity contribution in [3.05, 3.63) is 10.0 Å². The van der Waals surface area contributed by atoms with Gasteiger partial charge in [-0.3, -0.25) is 0 Å². The van der Waals surface area contributed by atoms with Crippen LogP contribution in [0.3, 0.4) is 0 Å². The Labute approximate surface area is 96.3 Å². The first-order valence-corrected chi connectivity index (χ1v) is 6.29. The van der Waals surface area contributed by atoms with Crippen molar-refractivity contribution in [2.75, 3.05) is 6.54 Å². The van der Waals surface area contributed by atoms with Gasteiger partial charge in [0.25, 0.3) is 0 Å². The van der Waals surface area contributed by atoms with Gasteiger partial charge >= 0.3 is 0 Å². The van der Waals surface area contributed by atoms with Crippen LogP contribution in [0.5, 0.6) is 0 Å². The number of rotatable bonds is 4. The van der Waals surface area contributed by atoms with Crippen molar-refractivity contribution in [2.45, 2.75) is 47.1 Å². The van der Waals surface area contributed by atoms with Gasteiger partial charge < -0.3 is 5.32 Å². The molecule has 15 heavy (non-hydrogen) atoms.